The van der Waals surface area contributed by atoms with Gasteiger partial charge in [-0.3, -0.25) is 4.79 Å². The van der Waals surface area contributed by atoms with Crippen LogP contribution in [0.1, 0.15) is 28.9 Å². The molecule has 92 valence electrons. The van der Waals surface area contributed by atoms with Crippen LogP contribution in [-0.4, -0.2) is 16.6 Å². The number of fused-ring (bicyclic) bond motifs is 1. The van der Waals surface area contributed by atoms with Crippen LogP contribution in [0.15, 0.2) is 41.4 Å². The molecule has 3 rings (SSSR count). The molecule has 0 fully saturated rings. The van der Waals surface area contributed by atoms with Crippen LogP contribution in [-0.2, 0) is 6.42 Å². The fraction of sp³-hybridized carbons (Fsp3) is 0.267. The standard InChI is InChI=1S/C15H15NOS/c1-18-12-7-5-11(6-8-12)16-10-9-13-14(16)3-2-4-15(13)17/h5-10H,2-4H2,1H3. The molecule has 1 aliphatic carbocycles. The van der Waals surface area contributed by atoms with Gasteiger partial charge in [-0.1, -0.05) is 0 Å². The van der Waals surface area contributed by atoms with Crippen LogP contribution in [0.2, 0.25) is 0 Å². The number of hydrogen-bond acceptors (Lipinski definition) is 2. The minimum Gasteiger partial charge on any atom is -0.320 e. The molecule has 3 heteroatoms. The zero-order valence-corrected chi connectivity index (χ0v) is 11.2. The predicted octanol–water partition coefficient (Wildman–Crippen LogP) is 3.72. The molecule has 1 aliphatic rings. The molecule has 0 spiro atoms. The number of hydrogen-bond donors (Lipinski definition) is 0. The Kier molecular flexibility index (Phi) is 3.00. The van der Waals surface area contributed by atoms with E-state index in [-0.39, 0.29) is 5.78 Å². The normalized spacial score (nSPS) is 14.6. The van der Waals surface area contributed by atoms with Gasteiger partial charge in [0.15, 0.2) is 5.78 Å². The molecule has 2 aromatic rings. The Hall–Kier alpha value is -1.48. The van der Waals surface area contributed by atoms with Crippen molar-refractivity contribution in [2.24, 2.45) is 0 Å². The van der Waals surface area contributed by atoms with Crippen molar-refractivity contribution >= 4 is 17.5 Å². The molecule has 0 bridgehead atoms. The summed E-state index contributed by atoms with van der Waals surface area (Å²) < 4.78 is 2.15. The molecule has 0 atom stereocenters. The first-order chi connectivity index (χ1) is 8.79. The van der Waals surface area contributed by atoms with Crippen molar-refractivity contribution < 1.29 is 4.79 Å². The van der Waals surface area contributed by atoms with E-state index in [1.807, 2.05) is 12.3 Å². The Morgan fingerprint density at radius 3 is 2.61 bits per heavy atom. The van der Waals surface area contributed by atoms with Gasteiger partial charge in [0.1, 0.15) is 0 Å². The fourth-order valence-electron chi connectivity index (χ4n) is 2.51. The van der Waals surface area contributed by atoms with Gasteiger partial charge >= 0.3 is 0 Å². The van der Waals surface area contributed by atoms with E-state index in [0.29, 0.717) is 6.42 Å². The molecular formula is C15H15NOS. The topological polar surface area (TPSA) is 22.0 Å². The second-order valence-corrected chi connectivity index (χ2v) is 5.40. The minimum atomic E-state index is 0.288. The van der Waals surface area contributed by atoms with Gasteiger partial charge in [0.05, 0.1) is 0 Å². The van der Waals surface area contributed by atoms with Crippen LogP contribution in [0.4, 0.5) is 0 Å². The maximum atomic E-state index is 11.8. The molecule has 0 unspecified atom stereocenters. The monoisotopic (exact) mass is 257 g/mol. The molecule has 0 saturated carbocycles. The Morgan fingerprint density at radius 1 is 1.11 bits per heavy atom. The van der Waals surface area contributed by atoms with E-state index in [0.717, 1.165) is 24.1 Å². The molecule has 1 aromatic heterocycles. The first kappa shape index (κ1) is 11.6. The van der Waals surface area contributed by atoms with E-state index < -0.39 is 0 Å². The first-order valence-electron chi connectivity index (χ1n) is 6.17. The molecule has 0 aliphatic heterocycles. The highest BCUT2D eigenvalue weighted by molar-refractivity contribution is 7.98. The van der Waals surface area contributed by atoms with Crippen molar-refractivity contribution in [1.82, 2.24) is 4.57 Å². The van der Waals surface area contributed by atoms with Crippen LogP contribution in [0.5, 0.6) is 0 Å². The Bertz CT molecular complexity index is 583. The molecule has 1 aromatic carbocycles. The van der Waals surface area contributed by atoms with E-state index in [1.54, 1.807) is 11.8 Å². The summed E-state index contributed by atoms with van der Waals surface area (Å²) in [4.78, 5) is 13.1. The average Bonchev–Trinajstić information content (AvgIpc) is 2.84. The van der Waals surface area contributed by atoms with E-state index in [9.17, 15) is 4.79 Å². The summed E-state index contributed by atoms with van der Waals surface area (Å²) in [5.41, 5.74) is 3.22. The number of Topliss-reactive ketones (excluding diaryl/α,β-unsaturated/α-hetero) is 1. The van der Waals surface area contributed by atoms with E-state index >= 15 is 0 Å². The van der Waals surface area contributed by atoms with Crippen LogP contribution in [0, 0.1) is 0 Å². The predicted molar refractivity (Wildman–Crippen MR) is 74.8 cm³/mol. The van der Waals surface area contributed by atoms with Crippen LogP contribution < -0.4 is 0 Å². The summed E-state index contributed by atoms with van der Waals surface area (Å²) in [7, 11) is 0. The highest BCUT2D eigenvalue weighted by Gasteiger charge is 2.20. The quantitative estimate of drug-likeness (QED) is 0.765. The van der Waals surface area contributed by atoms with Gasteiger partial charge in [-0.15, -0.1) is 11.8 Å². The zero-order valence-electron chi connectivity index (χ0n) is 10.3. The lowest BCUT2D eigenvalue weighted by Crippen LogP contribution is -2.12. The molecule has 0 saturated heterocycles. The average molecular weight is 257 g/mol. The van der Waals surface area contributed by atoms with Gasteiger partial charge in [0.25, 0.3) is 0 Å². The largest absolute Gasteiger partial charge is 0.320 e. The minimum absolute atomic E-state index is 0.288. The smallest absolute Gasteiger partial charge is 0.164 e. The third-order valence-electron chi connectivity index (χ3n) is 3.46. The highest BCUT2D eigenvalue weighted by Crippen LogP contribution is 2.26. The molecule has 2 nitrogen and oxygen atoms in total. The third-order valence-corrected chi connectivity index (χ3v) is 4.20. The van der Waals surface area contributed by atoms with E-state index in [4.69, 9.17) is 0 Å². The van der Waals surface area contributed by atoms with Crippen LogP contribution in [0.3, 0.4) is 0 Å². The summed E-state index contributed by atoms with van der Waals surface area (Å²) in [5.74, 6) is 0.288. The molecule has 0 N–H and O–H groups in total. The Morgan fingerprint density at radius 2 is 1.89 bits per heavy atom. The van der Waals surface area contributed by atoms with Crippen molar-refractivity contribution in [3.8, 4) is 5.69 Å². The second-order valence-electron chi connectivity index (χ2n) is 4.52. The number of carbonyl (C=O) groups is 1. The van der Waals surface area contributed by atoms with Crippen LogP contribution in [0.25, 0.3) is 5.69 Å². The molecular weight excluding hydrogens is 242 g/mol. The maximum Gasteiger partial charge on any atom is 0.164 e. The lowest BCUT2D eigenvalue weighted by Gasteiger charge is -2.15. The SMILES string of the molecule is CSc1ccc(-n2ccc3c2CCCC3=O)cc1. The lowest BCUT2D eigenvalue weighted by molar-refractivity contribution is 0.0972. The van der Waals surface area contributed by atoms with Crippen molar-refractivity contribution in [3.63, 3.8) is 0 Å². The first-order valence-corrected chi connectivity index (χ1v) is 7.40. The second kappa shape index (κ2) is 4.65. The van der Waals surface area contributed by atoms with E-state index in [2.05, 4.69) is 35.1 Å². The molecule has 0 amide bonds. The van der Waals surface area contributed by atoms with Crippen LogP contribution >= 0.6 is 11.8 Å². The number of aromatic nitrogens is 1. The molecule has 0 radical (unpaired) electrons. The lowest BCUT2D eigenvalue weighted by atomic mass is 9.97. The highest BCUT2D eigenvalue weighted by atomic mass is 32.2. The summed E-state index contributed by atoms with van der Waals surface area (Å²) in [6.07, 6.45) is 6.76. The molecule has 1 heterocycles. The van der Waals surface area contributed by atoms with Gasteiger partial charge in [-0.2, -0.15) is 0 Å². The fourth-order valence-corrected chi connectivity index (χ4v) is 2.92. The van der Waals surface area contributed by atoms with Crippen molar-refractivity contribution in [1.29, 1.82) is 0 Å². The van der Waals surface area contributed by atoms with E-state index in [1.165, 1.54) is 10.6 Å². The Balaban J connectivity index is 2.04. The van der Waals surface area contributed by atoms with Gasteiger partial charge < -0.3 is 4.57 Å². The van der Waals surface area contributed by atoms with Crippen molar-refractivity contribution in [2.75, 3.05) is 6.26 Å². The maximum absolute atomic E-state index is 11.8. The number of thioether (sulfide) groups is 1. The summed E-state index contributed by atoms with van der Waals surface area (Å²) >= 11 is 1.74. The number of benzene rings is 1. The zero-order chi connectivity index (χ0) is 12.5. The van der Waals surface area contributed by atoms with Crippen molar-refractivity contribution in [3.05, 3.63) is 47.8 Å². The van der Waals surface area contributed by atoms with Gasteiger partial charge in [-0.05, 0) is 49.4 Å². The molecule has 18 heavy (non-hydrogen) atoms. The number of ketones is 1. The van der Waals surface area contributed by atoms with Crippen molar-refractivity contribution in [2.45, 2.75) is 24.2 Å². The summed E-state index contributed by atoms with van der Waals surface area (Å²) in [6.45, 7) is 0. The summed E-state index contributed by atoms with van der Waals surface area (Å²) in [6, 6.07) is 10.4. The Labute approximate surface area is 111 Å². The van der Waals surface area contributed by atoms with Gasteiger partial charge in [0.2, 0.25) is 0 Å². The number of carbonyl (C=O) groups excluding carboxylic acids is 1. The summed E-state index contributed by atoms with van der Waals surface area (Å²) in [5, 5.41) is 0. The van der Waals surface area contributed by atoms with Gasteiger partial charge in [-0.25, -0.2) is 0 Å². The number of rotatable bonds is 2. The number of nitrogens with zero attached hydrogens (tertiary/aromatic N) is 1. The van der Waals surface area contributed by atoms with Gasteiger partial charge in [0, 0.05) is 34.5 Å². The third kappa shape index (κ3) is 1.89.